The maximum absolute atomic E-state index is 10.5. The number of carboxylic acid groups (broad SMARTS) is 2. The molecule has 22 heavy (non-hydrogen) atoms. The lowest BCUT2D eigenvalue weighted by Gasteiger charge is -2.01. The summed E-state index contributed by atoms with van der Waals surface area (Å²) in [6.45, 7) is 0. The van der Waals surface area contributed by atoms with Crippen LogP contribution in [0.25, 0.3) is 12.2 Å². The van der Waals surface area contributed by atoms with E-state index in [9.17, 15) is 9.59 Å². The molecule has 0 saturated heterocycles. The van der Waals surface area contributed by atoms with Gasteiger partial charge in [-0.15, -0.1) is 0 Å². The molecular weight excluding hydrogens is 288 g/mol. The zero-order valence-electron chi connectivity index (χ0n) is 11.3. The van der Waals surface area contributed by atoms with Crippen LogP contribution in [0.2, 0.25) is 0 Å². The van der Waals surface area contributed by atoms with Gasteiger partial charge < -0.3 is 19.7 Å². The fraction of sp³-hybridized carbons (Fsp3) is 0. The predicted molar refractivity (Wildman–Crippen MR) is 79.1 cm³/mol. The second kappa shape index (κ2) is 6.94. The minimum atomic E-state index is -1.37. The molecule has 112 valence electrons. The monoisotopic (exact) mass is 300 g/mol. The molecule has 2 aromatic rings. The van der Waals surface area contributed by atoms with E-state index in [0.717, 1.165) is 11.1 Å². The molecule has 0 aromatic heterocycles. The van der Waals surface area contributed by atoms with Crippen LogP contribution in [0.1, 0.15) is 11.1 Å². The first-order valence-corrected chi connectivity index (χ1v) is 6.23. The lowest BCUT2D eigenvalue weighted by atomic mass is 10.1. The van der Waals surface area contributed by atoms with E-state index in [1.54, 1.807) is 48.6 Å². The van der Waals surface area contributed by atoms with E-state index >= 15 is 0 Å². The molecular formula is C16H12O6. The lowest BCUT2D eigenvalue weighted by molar-refractivity contribution is 0.143. The third kappa shape index (κ3) is 4.68. The van der Waals surface area contributed by atoms with Crippen LogP contribution in [0, 0.1) is 0 Å². The molecule has 0 spiro atoms. The lowest BCUT2D eigenvalue weighted by Crippen LogP contribution is -2.02. The van der Waals surface area contributed by atoms with Crippen molar-refractivity contribution >= 4 is 24.5 Å². The van der Waals surface area contributed by atoms with Crippen molar-refractivity contribution in [2.75, 3.05) is 0 Å². The molecule has 0 unspecified atom stereocenters. The second-order valence-electron chi connectivity index (χ2n) is 4.21. The van der Waals surface area contributed by atoms with Crippen molar-refractivity contribution in [3.8, 4) is 11.5 Å². The summed E-state index contributed by atoms with van der Waals surface area (Å²) in [7, 11) is 0. The first-order chi connectivity index (χ1) is 10.5. The van der Waals surface area contributed by atoms with E-state index in [1.807, 2.05) is 0 Å². The quantitative estimate of drug-likeness (QED) is 0.504. The van der Waals surface area contributed by atoms with Gasteiger partial charge in [0.25, 0.3) is 0 Å². The molecule has 0 amide bonds. The third-order valence-electron chi connectivity index (χ3n) is 2.62. The smallest absolute Gasteiger partial charge is 0.449 e. The highest BCUT2D eigenvalue weighted by Gasteiger charge is 2.01. The van der Waals surface area contributed by atoms with E-state index in [-0.39, 0.29) is 11.5 Å². The Kier molecular flexibility index (Phi) is 4.77. The molecule has 6 heteroatoms. The average Bonchev–Trinajstić information content (AvgIpc) is 2.46. The summed E-state index contributed by atoms with van der Waals surface area (Å²) in [5, 5.41) is 17.0. The number of rotatable bonds is 4. The summed E-state index contributed by atoms with van der Waals surface area (Å²) in [4.78, 5) is 20.9. The highest BCUT2D eigenvalue weighted by Crippen LogP contribution is 2.17. The molecule has 0 aliphatic rings. The summed E-state index contributed by atoms with van der Waals surface area (Å²) in [5.41, 5.74) is 1.60. The van der Waals surface area contributed by atoms with Crippen molar-refractivity contribution in [1.29, 1.82) is 0 Å². The molecule has 0 bridgehead atoms. The van der Waals surface area contributed by atoms with Crippen LogP contribution < -0.4 is 9.47 Å². The standard InChI is InChI=1S/C16H12O6/c17-15(18)21-13-8-6-11(7-9-13)4-5-12-2-1-3-14(10-12)22-16(19)20/h1-10H,(H,17,18)(H,19,20)/b5-4-. The number of hydrogen-bond donors (Lipinski definition) is 2. The van der Waals surface area contributed by atoms with Crippen molar-refractivity contribution in [2.24, 2.45) is 0 Å². The van der Waals surface area contributed by atoms with Crippen LogP contribution >= 0.6 is 0 Å². The van der Waals surface area contributed by atoms with Crippen molar-refractivity contribution in [3.05, 3.63) is 59.7 Å². The zero-order chi connectivity index (χ0) is 15.9. The van der Waals surface area contributed by atoms with Crippen LogP contribution in [-0.4, -0.2) is 22.5 Å². The van der Waals surface area contributed by atoms with E-state index in [0.29, 0.717) is 0 Å². The van der Waals surface area contributed by atoms with Gasteiger partial charge in [0.15, 0.2) is 0 Å². The zero-order valence-corrected chi connectivity index (χ0v) is 11.3. The van der Waals surface area contributed by atoms with Crippen molar-refractivity contribution in [1.82, 2.24) is 0 Å². The van der Waals surface area contributed by atoms with E-state index in [2.05, 4.69) is 9.47 Å². The Morgan fingerprint density at radius 3 is 2.00 bits per heavy atom. The summed E-state index contributed by atoms with van der Waals surface area (Å²) >= 11 is 0. The maximum Gasteiger partial charge on any atom is 0.511 e. The summed E-state index contributed by atoms with van der Waals surface area (Å²) in [5.74, 6) is 0.473. The van der Waals surface area contributed by atoms with Crippen LogP contribution in [0.3, 0.4) is 0 Å². The molecule has 0 aliphatic carbocycles. The Bertz CT molecular complexity index is 703. The van der Waals surface area contributed by atoms with Crippen molar-refractivity contribution in [3.63, 3.8) is 0 Å². The van der Waals surface area contributed by atoms with Gasteiger partial charge in [-0.05, 0) is 35.4 Å². The Balaban J connectivity index is 2.08. The SMILES string of the molecule is O=C(O)Oc1ccc(/C=C\c2cccc(OC(=O)O)c2)cc1. The minimum absolute atomic E-state index is 0.236. The molecule has 6 nitrogen and oxygen atoms in total. The predicted octanol–water partition coefficient (Wildman–Crippen LogP) is 3.97. The van der Waals surface area contributed by atoms with E-state index in [4.69, 9.17) is 10.2 Å². The highest BCUT2D eigenvalue weighted by atomic mass is 16.7. The summed E-state index contributed by atoms with van der Waals surface area (Å²) in [6.07, 6.45) is 0.848. The molecule has 0 fully saturated rings. The van der Waals surface area contributed by atoms with Gasteiger partial charge in [-0.1, -0.05) is 36.4 Å². The van der Waals surface area contributed by atoms with Gasteiger partial charge >= 0.3 is 12.3 Å². The minimum Gasteiger partial charge on any atom is -0.449 e. The molecule has 0 atom stereocenters. The normalized spacial score (nSPS) is 10.4. The first-order valence-electron chi connectivity index (χ1n) is 6.23. The van der Waals surface area contributed by atoms with Crippen molar-refractivity contribution < 1.29 is 29.3 Å². The molecule has 2 aromatic carbocycles. The van der Waals surface area contributed by atoms with Crippen LogP contribution in [-0.2, 0) is 0 Å². The van der Waals surface area contributed by atoms with Gasteiger partial charge in [0.1, 0.15) is 11.5 Å². The Labute approximate surface area is 125 Å². The van der Waals surface area contributed by atoms with Gasteiger partial charge in [0.05, 0.1) is 0 Å². The Morgan fingerprint density at radius 2 is 1.36 bits per heavy atom. The molecule has 0 radical (unpaired) electrons. The van der Waals surface area contributed by atoms with Gasteiger partial charge in [0, 0.05) is 0 Å². The Morgan fingerprint density at radius 1 is 0.773 bits per heavy atom. The largest absolute Gasteiger partial charge is 0.511 e. The van der Waals surface area contributed by atoms with Crippen LogP contribution in [0.15, 0.2) is 48.5 Å². The summed E-state index contributed by atoms with van der Waals surface area (Å²) < 4.78 is 9.08. The highest BCUT2D eigenvalue weighted by molar-refractivity contribution is 5.71. The summed E-state index contributed by atoms with van der Waals surface area (Å²) in [6, 6.07) is 13.1. The Hall–Kier alpha value is -3.28. The van der Waals surface area contributed by atoms with Gasteiger partial charge in [-0.25, -0.2) is 9.59 Å². The molecule has 0 saturated carbocycles. The molecule has 0 aliphatic heterocycles. The number of hydrogen-bond acceptors (Lipinski definition) is 4. The van der Waals surface area contributed by atoms with Gasteiger partial charge in [-0.3, -0.25) is 0 Å². The van der Waals surface area contributed by atoms with E-state index in [1.165, 1.54) is 12.1 Å². The fourth-order valence-electron chi connectivity index (χ4n) is 1.72. The van der Waals surface area contributed by atoms with Gasteiger partial charge in [0.2, 0.25) is 0 Å². The van der Waals surface area contributed by atoms with Crippen LogP contribution in [0.5, 0.6) is 11.5 Å². The average molecular weight is 300 g/mol. The van der Waals surface area contributed by atoms with Crippen LogP contribution in [0.4, 0.5) is 9.59 Å². The third-order valence-corrected chi connectivity index (χ3v) is 2.62. The first kappa shape index (κ1) is 15.1. The number of ether oxygens (including phenoxy) is 2. The van der Waals surface area contributed by atoms with Gasteiger partial charge in [-0.2, -0.15) is 0 Å². The molecule has 2 rings (SSSR count). The topological polar surface area (TPSA) is 93.1 Å². The maximum atomic E-state index is 10.5. The van der Waals surface area contributed by atoms with Crippen molar-refractivity contribution in [2.45, 2.75) is 0 Å². The van der Waals surface area contributed by atoms with E-state index < -0.39 is 12.3 Å². The fourth-order valence-corrected chi connectivity index (χ4v) is 1.72. The number of benzene rings is 2. The molecule has 2 N–H and O–H groups in total. The molecule has 0 heterocycles. The number of carbonyl (C=O) groups is 2. The second-order valence-corrected chi connectivity index (χ2v) is 4.21.